The van der Waals surface area contributed by atoms with Crippen LogP contribution in [0.15, 0.2) is 77.9 Å². The second-order valence-electron chi connectivity index (χ2n) is 3.16. The van der Waals surface area contributed by atoms with E-state index < -0.39 is 0 Å². The summed E-state index contributed by atoms with van der Waals surface area (Å²) < 4.78 is 0. The largest absolute Gasteiger partial charge is 0.265 e. The first-order chi connectivity index (χ1) is 8.19. The number of hydrogen-bond donors (Lipinski definition) is 0. The third-order valence-corrected chi connectivity index (χ3v) is 1.87. The van der Waals surface area contributed by atoms with E-state index >= 15 is 0 Å². The molecule has 1 nitrogen and oxygen atoms in total. The van der Waals surface area contributed by atoms with E-state index in [9.17, 15) is 0 Å². The van der Waals surface area contributed by atoms with Crippen molar-refractivity contribution in [2.45, 2.75) is 13.8 Å². The molecule has 0 aliphatic heterocycles. The molecule has 0 aromatic heterocycles. The van der Waals surface area contributed by atoms with E-state index in [0.29, 0.717) is 5.60 Å². The summed E-state index contributed by atoms with van der Waals surface area (Å²) in [5.41, 5.74) is 2.21. The van der Waals surface area contributed by atoms with Crippen molar-refractivity contribution in [3.05, 3.63) is 72.9 Å². The Morgan fingerprint density at radius 3 is 2.29 bits per heavy atom. The zero-order chi connectivity index (χ0) is 13.1. The summed E-state index contributed by atoms with van der Waals surface area (Å²) in [6.45, 7) is 11.1. The van der Waals surface area contributed by atoms with Crippen LogP contribution >= 0.6 is 0 Å². The molecule has 2 radical (unpaired) electrons. The quantitative estimate of drug-likeness (QED) is 0.368. The Balaban J connectivity index is 5.47. The molecule has 17 heavy (non-hydrogen) atoms. The highest BCUT2D eigenvalue weighted by molar-refractivity contribution is 6.23. The van der Waals surface area contributed by atoms with Crippen LogP contribution in [-0.2, 0) is 0 Å². The molecule has 0 atom stereocenters. The van der Waals surface area contributed by atoms with E-state index in [1.165, 1.54) is 0 Å². The summed E-state index contributed by atoms with van der Waals surface area (Å²) in [5, 5.41) is 0. The smallest absolute Gasteiger partial charge is 0.141 e. The number of aliphatic imine (C=N–C) groups is 1. The minimum absolute atomic E-state index is 0.486. The summed E-state index contributed by atoms with van der Waals surface area (Å²) in [6, 6.07) is 0. The van der Waals surface area contributed by atoms with Crippen LogP contribution in [-0.4, -0.2) is 13.6 Å². The minimum atomic E-state index is 0.486. The Morgan fingerprint density at radius 2 is 1.82 bits per heavy atom. The van der Waals surface area contributed by atoms with Gasteiger partial charge in [0.05, 0.1) is 5.71 Å². The molecule has 0 saturated carbocycles. The van der Waals surface area contributed by atoms with Crippen LogP contribution in [0.1, 0.15) is 13.8 Å². The Hall–Kier alpha value is -1.83. The van der Waals surface area contributed by atoms with Crippen LogP contribution in [0.3, 0.4) is 0 Å². The standard InChI is InChI=1S/C15H18BN/c1-5-9-12-13(10-6-2)14(11-7-3)17-15(16)8-4/h5-12H,1-2H2,3-4H3/b11-7-,12-9-,13-10+,15-8-,17-14?. The average molecular weight is 223 g/mol. The maximum Gasteiger partial charge on any atom is 0.141 e. The molecule has 0 aromatic rings. The molecule has 0 saturated heterocycles. The van der Waals surface area contributed by atoms with Crippen LogP contribution in [0, 0.1) is 0 Å². The van der Waals surface area contributed by atoms with Gasteiger partial charge in [0.15, 0.2) is 0 Å². The number of hydrogen-bond acceptors (Lipinski definition) is 1. The third-order valence-electron chi connectivity index (χ3n) is 1.87. The molecular formula is C15H18BN. The molecule has 0 aliphatic carbocycles. The van der Waals surface area contributed by atoms with Gasteiger partial charge in [-0.05, 0) is 25.5 Å². The predicted molar refractivity (Wildman–Crippen MR) is 79.4 cm³/mol. The third kappa shape index (κ3) is 6.36. The topological polar surface area (TPSA) is 12.4 Å². The maximum atomic E-state index is 5.71. The minimum Gasteiger partial charge on any atom is -0.265 e. The Labute approximate surface area is 106 Å². The maximum absolute atomic E-state index is 5.71. The second kappa shape index (κ2) is 9.40. The van der Waals surface area contributed by atoms with Gasteiger partial charge in [0.25, 0.3) is 0 Å². The van der Waals surface area contributed by atoms with E-state index in [2.05, 4.69) is 18.2 Å². The van der Waals surface area contributed by atoms with E-state index in [4.69, 9.17) is 7.85 Å². The van der Waals surface area contributed by atoms with Crippen LogP contribution < -0.4 is 0 Å². The van der Waals surface area contributed by atoms with Crippen molar-refractivity contribution < 1.29 is 0 Å². The lowest BCUT2D eigenvalue weighted by Crippen LogP contribution is -1.98. The second-order valence-corrected chi connectivity index (χ2v) is 3.16. The Bertz CT molecular complexity index is 407. The molecule has 0 aromatic carbocycles. The fraction of sp³-hybridized carbons (Fsp3) is 0.133. The van der Waals surface area contributed by atoms with Gasteiger partial charge >= 0.3 is 0 Å². The predicted octanol–water partition coefficient (Wildman–Crippen LogP) is 3.89. The first kappa shape index (κ1) is 15.2. The van der Waals surface area contributed by atoms with Gasteiger partial charge in [0.1, 0.15) is 7.85 Å². The number of allylic oxidation sites excluding steroid dienone is 9. The molecule has 0 aliphatic rings. The van der Waals surface area contributed by atoms with E-state index in [-0.39, 0.29) is 0 Å². The van der Waals surface area contributed by atoms with E-state index in [1.54, 1.807) is 18.2 Å². The zero-order valence-electron chi connectivity index (χ0n) is 10.6. The number of rotatable bonds is 6. The van der Waals surface area contributed by atoms with Crippen molar-refractivity contribution in [2.75, 3.05) is 0 Å². The normalized spacial score (nSPS) is 14.6. The summed E-state index contributed by atoms with van der Waals surface area (Å²) in [4.78, 5) is 4.32. The van der Waals surface area contributed by atoms with Crippen LogP contribution in [0.4, 0.5) is 0 Å². The van der Waals surface area contributed by atoms with Gasteiger partial charge in [-0.15, -0.1) is 0 Å². The zero-order valence-corrected chi connectivity index (χ0v) is 10.6. The average Bonchev–Trinajstić information content (AvgIpc) is 2.33. The molecule has 0 spiro atoms. The summed E-state index contributed by atoms with van der Waals surface area (Å²) in [7, 11) is 5.71. The SMILES string of the molecule is [B]/C(=C/C)N=C(/C=C\C)C(/C=C\C=C)=C/C=C. The highest BCUT2D eigenvalue weighted by atomic mass is 14.7. The Morgan fingerprint density at radius 1 is 1.12 bits per heavy atom. The molecule has 0 rings (SSSR count). The molecule has 0 heterocycles. The van der Waals surface area contributed by atoms with Gasteiger partial charge in [-0.2, -0.15) is 0 Å². The fourth-order valence-corrected chi connectivity index (χ4v) is 1.08. The molecular weight excluding hydrogens is 205 g/mol. The molecule has 0 unspecified atom stereocenters. The van der Waals surface area contributed by atoms with Crippen molar-refractivity contribution in [1.29, 1.82) is 0 Å². The molecule has 0 fully saturated rings. The number of nitrogens with zero attached hydrogens (tertiary/aromatic N) is 1. The van der Waals surface area contributed by atoms with Crippen LogP contribution in [0.2, 0.25) is 0 Å². The van der Waals surface area contributed by atoms with Crippen LogP contribution in [0.25, 0.3) is 0 Å². The van der Waals surface area contributed by atoms with Gasteiger partial charge in [-0.1, -0.05) is 55.7 Å². The molecule has 0 N–H and O–H groups in total. The van der Waals surface area contributed by atoms with Crippen molar-refractivity contribution in [2.24, 2.45) is 4.99 Å². The van der Waals surface area contributed by atoms with Crippen molar-refractivity contribution in [3.63, 3.8) is 0 Å². The monoisotopic (exact) mass is 223 g/mol. The molecule has 0 bridgehead atoms. The highest BCUT2D eigenvalue weighted by Gasteiger charge is 1.99. The van der Waals surface area contributed by atoms with Gasteiger partial charge in [0, 0.05) is 5.57 Å². The van der Waals surface area contributed by atoms with Crippen molar-refractivity contribution in [1.82, 2.24) is 0 Å². The lowest BCUT2D eigenvalue weighted by Gasteiger charge is -2.03. The first-order valence-electron chi connectivity index (χ1n) is 5.45. The summed E-state index contributed by atoms with van der Waals surface area (Å²) >= 11 is 0. The fourth-order valence-electron chi connectivity index (χ4n) is 1.08. The Kier molecular flexibility index (Phi) is 8.39. The van der Waals surface area contributed by atoms with Gasteiger partial charge in [-0.25, -0.2) is 0 Å². The summed E-state index contributed by atoms with van der Waals surface area (Å²) in [5.74, 6) is 0. The van der Waals surface area contributed by atoms with E-state index in [1.807, 2.05) is 44.2 Å². The van der Waals surface area contributed by atoms with Crippen LogP contribution in [0.5, 0.6) is 0 Å². The lowest BCUT2D eigenvalue weighted by atomic mass is 10.0. The van der Waals surface area contributed by atoms with Crippen molar-refractivity contribution >= 4 is 13.6 Å². The molecule has 0 amide bonds. The highest BCUT2D eigenvalue weighted by Crippen LogP contribution is 2.06. The van der Waals surface area contributed by atoms with Crippen molar-refractivity contribution in [3.8, 4) is 0 Å². The molecule has 86 valence electrons. The van der Waals surface area contributed by atoms with Gasteiger partial charge < -0.3 is 0 Å². The van der Waals surface area contributed by atoms with E-state index in [0.717, 1.165) is 11.3 Å². The lowest BCUT2D eigenvalue weighted by molar-refractivity contribution is 1.46. The molecule has 2 heteroatoms. The van der Waals surface area contributed by atoms with Gasteiger partial charge in [0.2, 0.25) is 0 Å². The summed E-state index contributed by atoms with van der Waals surface area (Å²) in [6.07, 6.45) is 14.6. The first-order valence-corrected chi connectivity index (χ1v) is 5.45. The van der Waals surface area contributed by atoms with Gasteiger partial charge in [-0.3, -0.25) is 4.99 Å².